The molecule has 0 aliphatic rings. The number of para-hydroxylation sites is 1. The number of aryl methyl sites for hydroxylation is 1. The lowest BCUT2D eigenvalue weighted by Gasteiger charge is -2.33. The largest absolute Gasteiger partial charge is 0.457 e. The average molecular weight is 614 g/mol. The van der Waals surface area contributed by atoms with Crippen molar-refractivity contribution in [1.29, 1.82) is 0 Å². The summed E-state index contributed by atoms with van der Waals surface area (Å²) in [6, 6.07) is 30.5. The van der Waals surface area contributed by atoms with E-state index in [0.29, 0.717) is 11.5 Å². The van der Waals surface area contributed by atoms with Crippen LogP contribution in [0.1, 0.15) is 38.8 Å². The van der Waals surface area contributed by atoms with E-state index in [9.17, 15) is 18.0 Å². The van der Waals surface area contributed by atoms with E-state index < -0.39 is 34.1 Å². The molecule has 0 saturated heterocycles. The molecule has 0 fully saturated rings. The highest BCUT2D eigenvalue weighted by Gasteiger charge is 2.33. The van der Waals surface area contributed by atoms with Crippen LogP contribution in [0.4, 0.5) is 5.69 Å². The molecule has 4 aromatic rings. The number of carbonyl (C=O) groups is 2. The summed E-state index contributed by atoms with van der Waals surface area (Å²) in [7, 11) is -4.16. The summed E-state index contributed by atoms with van der Waals surface area (Å²) in [5.74, 6) is 0.293. The Kier molecular flexibility index (Phi) is 10.1. The molecule has 1 N–H and O–H groups in total. The van der Waals surface area contributed by atoms with Crippen LogP contribution >= 0.6 is 0 Å². The van der Waals surface area contributed by atoms with Gasteiger partial charge in [0, 0.05) is 12.1 Å². The van der Waals surface area contributed by atoms with E-state index in [4.69, 9.17) is 4.74 Å². The van der Waals surface area contributed by atoms with E-state index in [0.717, 1.165) is 15.4 Å². The zero-order valence-corrected chi connectivity index (χ0v) is 26.5. The number of anilines is 1. The fraction of sp³-hybridized carbons (Fsp3) is 0.257. The number of amides is 2. The second-order valence-corrected chi connectivity index (χ2v) is 13.5. The third-order valence-corrected chi connectivity index (χ3v) is 8.60. The maximum absolute atomic E-state index is 14.1. The van der Waals surface area contributed by atoms with Crippen LogP contribution in [0.3, 0.4) is 0 Å². The van der Waals surface area contributed by atoms with Crippen molar-refractivity contribution in [2.45, 2.75) is 57.6 Å². The number of hydrogen-bond acceptors (Lipinski definition) is 5. The first-order valence-electron chi connectivity index (χ1n) is 14.4. The fourth-order valence-corrected chi connectivity index (χ4v) is 6.05. The lowest BCUT2D eigenvalue weighted by Crippen LogP contribution is -2.54. The third-order valence-electron chi connectivity index (χ3n) is 6.81. The van der Waals surface area contributed by atoms with Crippen LogP contribution < -0.4 is 14.4 Å². The first-order chi connectivity index (χ1) is 20.8. The summed E-state index contributed by atoms with van der Waals surface area (Å²) in [6.45, 7) is 8.81. The predicted molar refractivity (Wildman–Crippen MR) is 173 cm³/mol. The molecule has 230 valence electrons. The molecule has 4 rings (SSSR count). The molecule has 44 heavy (non-hydrogen) atoms. The maximum Gasteiger partial charge on any atom is 0.264 e. The molecule has 0 spiro atoms. The van der Waals surface area contributed by atoms with Gasteiger partial charge in [-0.05, 0) is 88.7 Å². The SMILES string of the molecule is Cc1cccc(CN(C(=O)CN(c2ccc(Oc3ccccc3)cc2)S(=O)(=O)c2ccccc2)[C@@H](C)C(=O)NC(C)(C)C)c1. The molecule has 0 aliphatic heterocycles. The van der Waals surface area contributed by atoms with Gasteiger partial charge in [0.05, 0.1) is 10.6 Å². The Bertz CT molecular complexity index is 1670. The molecule has 8 nitrogen and oxygen atoms in total. The van der Waals surface area contributed by atoms with Gasteiger partial charge in [0.15, 0.2) is 0 Å². The van der Waals surface area contributed by atoms with Crippen molar-refractivity contribution >= 4 is 27.5 Å². The Morgan fingerprint density at radius 3 is 2.00 bits per heavy atom. The Labute approximate surface area is 260 Å². The number of carbonyl (C=O) groups excluding carboxylic acids is 2. The van der Waals surface area contributed by atoms with Crippen LogP contribution in [0.25, 0.3) is 0 Å². The lowest BCUT2D eigenvalue weighted by atomic mass is 10.1. The third kappa shape index (κ3) is 8.48. The van der Waals surface area contributed by atoms with Crippen molar-refractivity contribution in [2.75, 3.05) is 10.8 Å². The lowest BCUT2D eigenvalue weighted by molar-refractivity contribution is -0.140. The van der Waals surface area contributed by atoms with E-state index in [-0.39, 0.29) is 23.0 Å². The second kappa shape index (κ2) is 13.8. The zero-order valence-electron chi connectivity index (χ0n) is 25.7. The molecular weight excluding hydrogens is 574 g/mol. The molecule has 0 heterocycles. The molecule has 0 saturated carbocycles. The number of nitrogens with one attached hydrogen (secondary N) is 1. The first-order valence-corrected chi connectivity index (χ1v) is 15.9. The van der Waals surface area contributed by atoms with Crippen LogP contribution in [0.2, 0.25) is 0 Å². The van der Waals surface area contributed by atoms with Gasteiger partial charge >= 0.3 is 0 Å². The summed E-state index contributed by atoms with van der Waals surface area (Å²) >= 11 is 0. The molecule has 4 aromatic carbocycles. The molecule has 0 radical (unpaired) electrons. The summed E-state index contributed by atoms with van der Waals surface area (Å²) in [4.78, 5) is 28.9. The first kappa shape index (κ1) is 32.3. The highest BCUT2D eigenvalue weighted by molar-refractivity contribution is 7.92. The van der Waals surface area contributed by atoms with Crippen LogP contribution in [-0.4, -0.2) is 43.3 Å². The predicted octanol–water partition coefficient (Wildman–Crippen LogP) is 6.31. The number of ether oxygens (including phenoxy) is 1. The summed E-state index contributed by atoms with van der Waals surface area (Å²) < 4.78 is 35.0. The smallest absolute Gasteiger partial charge is 0.264 e. The summed E-state index contributed by atoms with van der Waals surface area (Å²) in [5, 5.41) is 2.94. The highest BCUT2D eigenvalue weighted by atomic mass is 32.2. The van der Waals surface area contributed by atoms with Gasteiger partial charge in [-0.25, -0.2) is 8.42 Å². The minimum Gasteiger partial charge on any atom is -0.457 e. The number of nitrogens with zero attached hydrogens (tertiary/aromatic N) is 2. The van der Waals surface area contributed by atoms with Gasteiger partial charge < -0.3 is 15.0 Å². The highest BCUT2D eigenvalue weighted by Crippen LogP contribution is 2.28. The second-order valence-electron chi connectivity index (χ2n) is 11.7. The Balaban J connectivity index is 1.70. The van der Waals surface area contributed by atoms with Crippen LogP contribution in [-0.2, 0) is 26.2 Å². The molecule has 1 atom stereocenters. The van der Waals surface area contributed by atoms with Crippen molar-refractivity contribution in [3.8, 4) is 11.5 Å². The normalized spacial score (nSPS) is 12.2. The Hall–Kier alpha value is -4.63. The van der Waals surface area contributed by atoms with Gasteiger partial charge in [0.25, 0.3) is 10.0 Å². The molecule has 2 amide bonds. The number of sulfonamides is 1. The van der Waals surface area contributed by atoms with Crippen molar-refractivity contribution in [2.24, 2.45) is 0 Å². The minimum atomic E-state index is -4.16. The number of rotatable bonds is 11. The van der Waals surface area contributed by atoms with Gasteiger partial charge in [-0.2, -0.15) is 0 Å². The van der Waals surface area contributed by atoms with Crippen LogP contribution in [0.15, 0.2) is 114 Å². The van der Waals surface area contributed by atoms with Crippen molar-refractivity contribution in [3.05, 3.63) is 120 Å². The van der Waals surface area contributed by atoms with Gasteiger partial charge in [0.1, 0.15) is 24.1 Å². The Morgan fingerprint density at radius 2 is 1.41 bits per heavy atom. The van der Waals surface area contributed by atoms with E-state index in [2.05, 4.69) is 5.32 Å². The molecular formula is C35H39N3O5S. The molecule has 0 aromatic heterocycles. The monoisotopic (exact) mass is 613 g/mol. The fourth-order valence-electron chi connectivity index (χ4n) is 4.62. The van der Waals surface area contributed by atoms with Crippen molar-refractivity contribution < 1.29 is 22.7 Å². The molecule has 0 unspecified atom stereocenters. The van der Waals surface area contributed by atoms with Crippen LogP contribution in [0.5, 0.6) is 11.5 Å². The molecule has 0 bridgehead atoms. The summed E-state index contributed by atoms with van der Waals surface area (Å²) in [5.41, 5.74) is 1.60. The van der Waals surface area contributed by atoms with Gasteiger partial charge in [-0.3, -0.25) is 13.9 Å². The van der Waals surface area contributed by atoms with Crippen molar-refractivity contribution in [1.82, 2.24) is 10.2 Å². The van der Waals surface area contributed by atoms with Gasteiger partial charge in [-0.15, -0.1) is 0 Å². The van der Waals surface area contributed by atoms with Crippen molar-refractivity contribution in [3.63, 3.8) is 0 Å². The molecule has 0 aliphatic carbocycles. The van der Waals surface area contributed by atoms with E-state index >= 15 is 0 Å². The quantitative estimate of drug-likeness (QED) is 0.214. The standard InChI is InChI=1S/C35H39N3O5S/c1-26-13-12-14-28(23-26)24-37(27(2)34(40)36-35(3,4)5)33(39)25-38(44(41,42)32-17-10-7-11-18-32)29-19-21-31(22-20-29)43-30-15-8-6-9-16-30/h6-23,27H,24-25H2,1-5H3,(H,36,40)/t27-/m0/s1. The summed E-state index contributed by atoms with van der Waals surface area (Å²) in [6.07, 6.45) is 0. The number of hydrogen-bond donors (Lipinski definition) is 1. The van der Waals surface area contributed by atoms with Gasteiger partial charge in [-0.1, -0.05) is 66.2 Å². The minimum absolute atomic E-state index is 0.0428. The maximum atomic E-state index is 14.1. The average Bonchev–Trinajstić information content (AvgIpc) is 2.99. The Morgan fingerprint density at radius 1 is 0.818 bits per heavy atom. The zero-order chi connectivity index (χ0) is 31.9. The van der Waals surface area contributed by atoms with E-state index in [1.165, 1.54) is 17.0 Å². The van der Waals surface area contributed by atoms with Gasteiger partial charge in [0.2, 0.25) is 11.8 Å². The van der Waals surface area contributed by atoms with Crippen LogP contribution in [0, 0.1) is 6.92 Å². The van der Waals surface area contributed by atoms with E-state index in [1.807, 2.05) is 82.3 Å². The number of benzene rings is 4. The van der Waals surface area contributed by atoms with E-state index in [1.54, 1.807) is 49.4 Å². The molecule has 9 heteroatoms. The topological polar surface area (TPSA) is 96.0 Å².